The van der Waals surface area contributed by atoms with Crippen LogP contribution in [0.4, 0.5) is 0 Å². The molecule has 0 N–H and O–H groups in total. The van der Waals surface area contributed by atoms with Crippen molar-refractivity contribution in [2.75, 3.05) is 13.6 Å². The maximum absolute atomic E-state index is 12.7. The second-order valence-corrected chi connectivity index (χ2v) is 8.07. The Bertz CT molecular complexity index is 883. The predicted octanol–water partition coefficient (Wildman–Crippen LogP) is 3.49. The van der Waals surface area contributed by atoms with Crippen LogP contribution < -0.4 is 0 Å². The van der Waals surface area contributed by atoms with Crippen LogP contribution >= 0.6 is 0 Å². The Kier molecular flexibility index (Phi) is 5.47. The van der Waals surface area contributed by atoms with Gasteiger partial charge in [0.15, 0.2) is 0 Å². The minimum Gasteiger partial charge on any atom is -0.340 e. The van der Waals surface area contributed by atoms with Crippen LogP contribution in [-0.4, -0.2) is 41.1 Å². The SMILES string of the molecule is CN(Cc1ccc(-c2ccccc2)cc1)C(=O)CN1C(=O)C2CCCCC2C1=O. The molecule has 1 heterocycles. The molecular weight excluding hydrogens is 364 g/mol. The van der Waals surface area contributed by atoms with Crippen molar-refractivity contribution in [3.8, 4) is 11.1 Å². The molecule has 0 aromatic heterocycles. The third-order valence-corrected chi connectivity index (χ3v) is 6.13. The van der Waals surface area contributed by atoms with Crippen molar-refractivity contribution in [3.63, 3.8) is 0 Å². The molecule has 5 nitrogen and oxygen atoms in total. The zero-order chi connectivity index (χ0) is 20.4. The van der Waals surface area contributed by atoms with Gasteiger partial charge in [0.2, 0.25) is 17.7 Å². The average molecular weight is 390 g/mol. The average Bonchev–Trinajstić information content (AvgIpc) is 3.00. The van der Waals surface area contributed by atoms with Crippen LogP contribution in [0.25, 0.3) is 11.1 Å². The molecule has 3 amide bonds. The number of rotatable bonds is 5. The number of carbonyl (C=O) groups excluding carboxylic acids is 3. The maximum atomic E-state index is 12.7. The molecule has 2 aromatic rings. The van der Waals surface area contributed by atoms with E-state index >= 15 is 0 Å². The van der Waals surface area contributed by atoms with Gasteiger partial charge in [-0.25, -0.2) is 0 Å². The fourth-order valence-corrected chi connectivity index (χ4v) is 4.44. The smallest absolute Gasteiger partial charge is 0.242 e. The zero-order valence-electron chi connectivity index (χ0n) is 16.7. The molecule has 1 saturated heterocycles. The summed E-state index contributed by atoms with van der Waals surface area (Å²) in [6, 6.07) is 18.2. The number of benzene rings is 2. The quantitative estimate of drug-likeness (QED) is 0.735. The summed E-state index contributed by atoms with van der Waals surface area (Å²) in [7, 11) is 1.71. The molecule has 2 unspecified atom stereocenters. The Morgan fingerprint density at radius 3 is 2.03 bits per heavy atom. The highest BCUT2D eigenvalue weighted by molar-refractivity contribution is 6.07. The minimum atomic E-state index is -0.211. The van der Waals surface area contributed by atoms with Crippen LogP contribution in [0.2, 0.25) is 0 Å². The van der Waals surface area contributed by atoms with Gasteiger partial charge in [-0.3, -0.25) is 19.3 Å². The Labute approximate surface area is 171 Å². The molecule has 2 aliphatic rings. The first-order chi connectivity index (χ1) is 14.0. The van der Waals surface area contributed by atoms with Crippen molar-refractivity contribution in [3.05, 3.63) is 60.2 Å². The lowest BCUT2D eigenvalue weighted by atomic mass is 9.81. The molecule has 1 saturated carbocycles. The van der Waals surface area contributed by atoms with Crippen molar-refractivity contribution >= 4 is 17.7 Å². The van der Waals surface area contributed by atoms with Crippen LogP contribution in [0.1, 0.15) is 31.2 Å². The molecule has 2 aromatic carbocycles. The molecule has 1 aliphatic heterocycles. The van der Waals surface area contributed by atoms with Gasteiger partial charge in [-0.2, -0.15) is 0 Å². The molecule has 1 aliphatic carbocycles. The first-order valence-corrected chi connectivity index (χ1v) is 10.3. The lowest BCUT2D eigenvalue weighted by molar-refractivity contribution is -0.146. The number of amides is 3. The van der Waals surface area contributed by atoms with Gasteiger partial charge in [0.25, 0.3) is 0 Å². The fourth-order valence-electron chi connectivity index (χ4n) is 4.44. The maximum Gasteiger partial charge on any atom is 0.242 e. The molecule has 29 heavy (non-hydrogen) atoms. The van der Waals surface area contributed by atoms with Crippen molar-refractivity contribution in [2.45, 2.75) is 32.2 Å². The van der Waals surface area contributed by atoms with Crippen LogP contribution in [-0.2, 0) is 20.9 Å². The van der Waals surface area contributed by atoms with E-state index in [2.05, 4.69) is 12.1 Å². The number of hydrogen-bond donors (Lipinski definition) is 0. The van der Waals surface area contributed by atoms with Gasteiger partial charge < -0.3 is 4.90 Å². The molecule has 150 valence electrons. The van der Waals surface area contributed by atoms with Gasteiger partial charge >= 0.3 is 0 Å². The first-order valence-electron chi connectivity index (χ1n) is 10.3. The summed E-state index contributed by atoms with van der Waals surface area (Å²) in [4.78, 5) is 40.6. The number of carbonyl (C=O) groups is 3. The summed E-state index contributed by atoms with van der Waals surface area (Å²) in [5.41, 5.74) is 3.28. The van der Waals surface area contributed by atoms with E-state index in [0.29, 0.717) is 6.54 Å². The van der Waals surface area contributed by atoms with Crippen LogP contribution in [0.3, 0.4) is 0 Å². The number of imide groups is 1. The minimum absolute atomic E-state index is 0.150. The number of likely N-dealkylation sites (tertiary alicyclic amines) is 1. The van der Waals surface area contributed by atoms with E-state index in [4.69, 9.17) is 0 Å². The topological polar surface area (TPSA) is 57.7 Å². The van der Waals surface area contributed by atoms with Crippen LogP contribution in [0.5, 0.6) is 0 Å². The Morgan fingerprint density at radius 1 is 0.897 bits per heavy atom. The molecule has 5 heteroatoms. The van der Waals surface area contributed by atoms with Crippen LogP contribution in [0.15, 0.2) is 54.6 Å². The van der Waals surface area contributed by atoms with Gasteiger partial charge in [0.05, 0.1) is 11.8 Å². The van der Waals surface area contributed by atoms with Crippen molar-refractivity contribution < 1.29 is 14.4 Å². The highest BCUT2D eigenvalue weighted by Crippen LogP contribution is 2.37. The molecule has 2 atom stereocenters. The first kappa shape index (κ1) is 19.4. The fraction of sp³-hybridized carbons (Fsp3) is 0.375. The molecule has 0 radical (unpaired) electrons. The van der Waals surface area contributed by atoms with Gasteiger partial charge in [-0.15, -0.1) is 0 Å². The lowest BCUT2D eigenvalue weighted by Gasteiger charge is -2.21. The number of nitrogens with zero attached hydrogens (tertiary/aromatic N) is 2. The van der Waals surface area contributed by atoms with Crippen LogP contribution in [0, 0.1) is 11.8 Å². The summed E-state index contributed by atoms with van der Waals surface area (Å²) in [5, 5.41) is 0. The Hall–Kier alpha value is -2.95. The molecule has 4 rings (SSSR count). The molecule has 0 bridgehead atoms. The van der Waals surface area contributed by atoms with E-state index in [1.54, 1.807) is 11.9 Å². The largest absolute Gasteiger partial charge is 0.340 e. The molecule has 2 fully saturated rings. The number of hydrogen-bond acceptors (Lipinski definition) is 3. The van der Waals surface area contributed by atoms with E-state index in [9.17, 15) is 14.4 Å². The Morgan fingerprint density at radius 2 is 1.45 bits per heavy atom. The lowest BCUT2D eigenvalue weighted by Crippen LogP contribution is -2.41. The van der Waals surface area contributed by atoms with Gasteiger partial charge in [0, 0.05) is 13.6 Å². The standard InChI is InChI=1S/C24H26N2O3/c1-25(15-17-11-13-19(14-12-17)18-7-3-2-4-8-18)22(27)16-26-23(28)20-9-5-6-10-21(20)24(26)29/h2-4,7-8,11-14,20-21H,5-6,9-10,15-16H2,1H3. The zero-order valence-corrected chi connectivity index (χ0v) is 16.7. The van der Waals surface area contributed by atoms with E-state index in [0.717, 1.165) is 42.4 Å². The number of fused-ring (bicyclic) bond motifs is 1. The summed E-state index contributed by atoms with van der Waals surface area (Å²) < 4.78 is 0. The summed E-state index contributed by atoms with van der Waals surface area (Å²) in [5.74, 6) is -0.945. The summed E-state index contributed by atoms with van der Waals surface area (Å²) in [6.07, 6.45) is 3.51. The van der Waals surface area contributed by atoms with Crippen molar-refractivity contribution in [2.24, 2.45) is 11.8 Å². The monoisotopic (exact) mass is 390 g/mol. The Balaban J connectivity index is 1.37. The van der Waals surface area contributed by atoms with E-state index in [1.807, 2.05) is 42.5 Å². The third-order valence-electron chi connectivity index (χ3n) is 6.13. The number of likely N-dealkylation sites (N-methyl/N-ethyl adjacent to an activating group) is 1. The molecular formula is C24H26N2O3. The predicted molar refractivity (Wildman–Crippen MR) is 111 cm³/mol. The van der Waals surface area contributed by atoms with Gasteiger partial charge in [-0.1, -0.05) is 67.4 Å². The van der Waals surface area contributed by atoms with E-state index < -0.39 is 0 Å². The normalized spacial score (nSPS) is 21.2. The van der Waals surface area contributed by atoms with Crippen molar-refractivity contribution in [1.82, 2.24) is 9.80 Å². The highest BCUT2D eigenvalue weighted by Gasteiger charge is 2.48. The summed E-state index contributed by atoms with van der Waals surface area (Å²) >= 11 is 0. The molecule has 0 spiro atoms. The van der Waals surface area contributed by atoms with E-state index in [1.165, 1.54) is 4.90 Å². The van der Waals surface area contributed by atoms with E-state index in [-0.39, 0.29) is 36.1 Å². The second kappa shape index (κ2) is 8.19. The highest BCUT2D eigenvalue weighted by atomic mass is 16.2. The van der Waals surface area contributed by atoms with Gasteiger partial charge in [0.1, 0.15) is 6.54 Å². The third kappa shape index (κ3) is 3.95. The van der Waals surface area contributed by atoms with Crippen molar-refractivity contribution in [1.29, 1.82) is 0 Å². The second-order valence-electron chi connectivity index (χ2n) is 8.07. The summed E-state index contributed by atoms with van der Waals surface area (Å²) in [6.45, 7) is 0.292. The van der Waals surface area contributed by atoms with Gasteiger partial charge in [-0.05, 0) is 29.5 Å².